The number of carboxylic acid groups (broad SMARTS) is 1. The van der Waals surface area contributed by atoms with E-state index in [2.05, 4.69) is 15.5 Å². The molecule has 3 N–H and O–H groups in total. The molecule has 45 heavy (non-hydrogen) atoms. The van der Waals surface area contributed by atoms with Crippen molar-refractivity contribution in [1.82, 2.24) is 15.5 Å². The van der Waals surface area contributed by atoms with Crippen LogP contribution in [0, 0.1) is 6.92 Å². The zero-order chi connectivity index (χ0) is 31.6. The molecule has 0 radical (unpaired) electrons. The Morgan fingerprint density at radius 1 is 0.956 bits per heavy atom. The summed E-state index contributed by atoms with van der Waals surface area (Å²) >= 11 is 3.21. The molecule has 11 heteroatoms. The third-order valence-corrected chi connectivity index (χ3v) is 9.65. The molecule has 5 rings (SSSR count). The highest BCUT2D eigenvalue weighted by Crippen LogP contribution is 2.40. The van der Waals surface area contributed by atoms with Crippen LogP contribution in [0.4, 0.5) is 0 Å². The van der Waals surface area contributed by atoms with Gasteiger partial charge in [-0.25, -0.2) is 0 Å². The summed E-state index contributed by atoms with van der Waals surface area (Å²) in [4.78, 5) is 23.0. The van der Waals surface area contributed by atoms with Gasteiger partial charge in [-0.15, -0.1) is 10.2 Å². The molecule has 0 bridgehead atoms. The van der Waals surface area contributed by atoms with Gasteiger partial charge in [-0.3, -0.25) is 9.59 Å². The number of carboxylic acids is 1. The van der Waals surface area contributed by atoms with Crippen LogP contribution in [0.1, 0.15) is 71.8 Å². The van der Waals surface area contributed by atoms with Gasteiger partial charge in [0.05, 0.1) is 18.8 Å². The summed E-state index contributed by atoms with van der Waals surface area (Å²) in [7, 11) is 0. The summed E-state index contributed by atoms with van der Waals surface area (Å²) < 4.78 is 13.9. The monoisotopic (exact) mass is 647 g/mol. The number of aryl methyl sites for hydroxylation is 1. The van der Waals surface area contributed by atoms with Crippen molar-refractivity contribution in [1.29, 1.82) is 0 Å². The Morgan fingerprint density at radius 2 is 1.69 bits per heavy atom. The third-order valence-electron chi connectivity index (χ3n) is 7.55. The van der Waals surface area contributed by atoms with Crippen molar-refractivity contribution >= 4 is 35.0 Å². The first-order valence-corrected chi connectivity index (χ1v) is 16.8. The van der Waals surface area contributed by atoms with Crippen LogP contribution in [-0.4, -0.2) is 44.1 Å². The van der Waals surface area contributed by atoms with E-state index in [-0.39, 0.29) is 31.1 Å². The van der Waals surface area contributed by atoms with Crippen LogP contribution < -0.4 is 5.32 Å². The van der Waals surface area contributed by atoms with Crippen molar-refractivity contribution in [3.8, 4) is 11.1 Å². The van der Waals surface area contributed by atoms with Crippen molar-refractivity contribution in [2.75, 3.05) is 5.75 Å². The van der Waals surface area contributed by atoms with Crippen LogP contribution in [-0.2, 0) is 32.2 Å². The lowest BCUT2D eigenvalue weighted by Crippen LogP contribution is -2.31. The Labute approximate surface area is 271 Å². The Bertz CT molecular complexity index is 1560. The summed E-state index contributed by atoms with van der Waals surface area (Å²) in [6.07, 6.45) is 1.29. The maximum absolute atomic E-state index is 12.3. The van der Waals surface area contributed by atoms with Crippen molar-refractivity contribution < 1.29 is 29.3 Å². The van der Waals surface area contributed by atoms with Gasteiger partial charge in [-0.1, -0.05) is 95.9 Å². The average Bonchev–Trinajstić information content (AvgIpc) is 3.49. The number of unbranched alkanes of at least 4 members (excludes halogenated alkanes) is 1. The molecule has 3 atom stereocenters. The first-order valence-electron chi connectivity index (χ1n) is 15.0. The molecule has 2 heterocycles. The van der Waals surface area contributed by atoms with Gasteiger partial charge in [0.25, 0.3) is 0 Å². The number of aliphatic carboxylic acids is 1. The number of ether oxygens (including phenoxy) is 2. The number of aromatic nitrogens is 2. The molecule has 0 aliphatic carbocycles. The number of rotatable bonds is 14. The van der Waals surface area contributed by atoms with E-state index >= 15 is 0 Å². The number of nitrogens with zero attached hydrogens (tertiary/aromatic N) is 2. The molecule has 1 amide bonds. The normalized spacial score (nSPS) is 18.0. The number of amides is 1. The van der Waals surface area contributed by atoms with Gasteiger partial charge in [0.1, 0.15) is 5.01 Å². The molecule has 3 aromatic carbocycles. The number of thioether (sulfide) groups is 1. The quantitative estimate of drug-likeness (QED) is 0.102. The molecular formula is C34H37N3O6S2. The number of hydrogen-bond donors (Lipinski definition) is 3. The van der Waals surface area contributed by atoms with E-state index in [0.717, 1.165) is 48.5 Å². The Balaban J connectivity index is 1.27. The number of carbonyl (C=O) groups is 2. The highest BCUT2D eigenvalue weighted by Gasteiger charge is 2.32. The van der Waals surface area contributed by atoms with E-state index in [1.807, 2.05) is 79.7 Å². The molecule has 1 aromatic heterocycles. The molecule has 1 aliphatic heterocycles. The number of aliphatic hydroxyl groups is 1. The van der Waals surface area contributed by atoms with Crippen LogP contribution in [0.15, 0.2) is 77.1 Å². The molecule has 9 nitrogen and oxygen atoms in total. The van der Waals surface area contributed by atoms with Gasteiger partial charge >= 0.3 is 5.97 Å². The zero-order valence-corrected chi connectivity index (χ0v) is 26.7. The summed E-state index contributed by atoms with van der Waals surface area (Å²) in [6, 6.07) is 23.9. The van der Waals surface area contributed by atoms with Crippen LogP contribution >= 0.6 is 23.1 Å². The molecule has 0 unspecified atom stereocenters. The van der Waals surface area contributed by atoms with E-state index in [4.69, 9.17) is 14.6 Å². The summed E-state index contributed by atoms with van der Waals surface area (Å²) in [5.41, 5.74) is 5.82. The number of hydrogen-bond acceptors (Lipinski definition) is 9. The standard InChI is InChI=1S/C34H37N3O6S2/c1-22-36-37-34(45-22)44-21-28-18-30(25-12-10-23(20-38)11-13-25)43-33(42-28)26-16-14-24(15-17-26)29-7-3-2-6-27(29)19-35-31(39)8-4-5-9-32(40)41/h2-3,6-7,10-17,28,30,33,38H,4-5,8-9,18-21H2,1H3,(H,35,39)(H,40,41)/t28-,30+,33+/m1/s1. The number of aliphatic hydroxyl groups excluding tert-OH is 1. The highest BCUT2D eigenvalue weighted by molar-refractivity contribution is 8.01. The molecule has 0 spiro atoms. The van der Waals surface area contributed by atoms with Gasteiger partial charge in [0, 0.05) is 37.1 Å². The molecule has 236 valence electrons. The second-order valence-electron chi connectivity index (χ2n) is 10.9. The van der Waals surface area contributed by atoms with Gasteiger partial charge in [-0.2, -0.15) is 0 Å². The lowest BCUT2D eigenvalue weighted by Gasteiger charge is -2.36. The molecule has 1 aliphatic rings. The molecule has 0 saturated carbocycles. The van der Waals surface area contributed by atoms with E-state index in [0.29, 0.717) is 32.2 Å². The minimum absolute atomic E-state index is 0.00544. The first kappa shape index (κ1) is 32.8. The van der Waals surface area contributed by atoms with Crippen molar-refractivity contribution in [2.24, 2.45) is 0 Å². The van der Waals surface area contributed by atoms with E-state index in [1.54, 1.807) is 23.1 Å². The Kier molecular flexibility index (Phi) is 11.7. The molecule has 4 aromatic rings. The molecular weight excluding hydrogens is 611 g/mol. The fourth-order valence-corrected chi connectivity index (χ4v) is 7.00. The Morgan fingerprint density at radius 3 is 2.40 bits per heavy atom. The minimum Gasteiger partial charge on any atom is -0.481 e. The first-order chi connectivity index (χ1) is 21.9. The van der Waals surface area contributed by atoms with Gasteiger partial charge in [0.15, 0.2) is 10.6 Å². The number of nitrogens with one attached hydrogen (secondary N) is 1. The summed E-state index contributed by atoms with van der Waals surface area (Å²) in [5, 5.41) is 30.5. The fraction of sp³-hybridized carbons (Fsp3) is 0.353. The Hall–Kier alpha value is -3.61. The smallest absolute Gasteiger partial charge is 0.303 e. The SMILES string of the molecule is Cc1nnc(SC[C@H]2C[C@@H](c3ccc(CO)cc3)O[C@@H](c3ccc(-c4ccccc4CNC(=O)CCCCC(=O)O)cc3)O2)s1. The van der Waals surface area contributed by atoms with Crippen LogP contribution in [0.25, 0.3) is 11.1 Å². The van der Waals surface area contributed by atoms with Crippen LogP contribution in [0.3, 0.4) is 0 Å². The zero-order valence-electron chi connectivity index (χ0n) is 25.1. The van der Waals surface area contributed by atoms with E-state index < -0.39 is 12.3 Å². The fourth-order valence-electron chi connectivity index (χ4n) is 5.14. The van der Waals surface area contributed by atoms with E-state index in [1.165, 1.54) is 0 Å². The second-order valence-corrected chi connectivity index (χ2v) is 13.4. The van der Waals surface area contributed by atoms with Gasteiger partial charge in [0.2, 0.25) is 5.91 Å². The molecule has 1 fully saturated rings. The van der Waals surface area contributed by atoms with Gasteiger partial charge in [-0.05, 0) is 47.6 Å². The summed E-state index contributed by atoms with van der Waals surface area (Å²) in [5.74, 6) is -0.216. The van der Waals surface area contributed by atoms with Crippen molar-refractivity contribution in [3.05, 3.63) is 100 Å². The van der Waals surface area contributed by atoms with Crippen LogP contribution in [0.2, 0.25) is 0 Å². The van der Waals surface area contributed by atoms with E-state index in [9.17, 15) is 14.7 Å². The summed E-state index contributed by atoms with van der Waals surface area (Å²) in [6.45, 7) is 2.32. The topological polar surface area (TPSA) is 131 Å². The van der Waals surface area contributed by atoms with Crippen molar-refractivity contribution in [2.45, 2.75) is 75.0 Å². The molecule has 1 saturated heterocycles. The number of carbonyl (C=O) groups excluding carboxylic acids is 1. The highest BCUT2D eigenvalue weighted by atomic mass is 32.2. The third kappa shape index (κ3) is 9.44. The minimum atomic E-state index is -0.844. The maximum Gasteiger partial charge on any atom is 0.303 e. The van der Waals surface area contributed by atoms with Crippen LogP contribution in [0.5, 0.6) is 0 Å². The predicted molar refractivity (Wildman–Crippen MR) is 174 cm³/mol. The lowest BCUT2D eigenvalue weighted by molar-refractivity contribution is -0.245. The predicted octanol–water partition coefficient (Wildman–Crippen LogP) is 6.60. The second kappa shape index (κ2) is 16.1. The lowest BCUT2D eigenvalue weighted by atomic mass is 9.97. The average molecular weight is 648 g/mol. The van der Waals surface area contributed by atoms with Gasteiger partial charge < -0.3 is 25.0 Å². The maximum atomic E-state index is 12.3. The largest absolute Gasteiger partial charge is 0.481 e. The number of benzene rings is 3. The van der Waals surface area contributed by atoms with Crippen molar-refractivity contribution in [3.63, 3.8) is 0 Å².